The van der Waals surface area contributed by atoms with Crippen LogP contribution < -0.4 is 0 Å². The molecule has 0 amide bonds. The minimum absolute atomic E-state index is 0.116. The Balaban J connectivity index is 2.22. The number of rotatable bonds is 3. The summed E-state index contributed by atoms with van der Waals surface area (Å²) in [5, 5.41) is 8.41. The SMILES string of the molecule is O=C(O)C(C1CC1)C1CCCS1(=O)=O. The largest absolute Gasteiger partial charge is 0.481 e. The first-order valence-corrected chi connectivity index (χ1v) is 6.68. The molecule has 1 aliphatic carbocycles. The van der Waals surface area contributed by atoms with E-state index in [9.17, 15) is 13.2 Å². The lowest BCUT2D eigenvalue weighted by atomic mass is 9.97. The van der Waals surface area contributed by atoms with Crippen LogP contribution in [0.5, 0.6) is 0 Å². The van der Waals surface area contributed by atoms with Crippen molar-refractivity contribution in [3.05, 3.63) is 0 Å². The van der Waals surface area contributed by atoms with Gasteiger partial charge in [-0.1, -0.05) is 0 Å². The van der Waals surface area contributed by atoms with E-state index in [-0.39, 0.29) is 11.7 Å². The Morgan fingerprint density at radius 2 is 1.93 bits per heavy atom. The van der Waals surface area contributed by atoms with Gasteiger partial charge in [0, 0.05) is 0 Å². The lowest BCUT2D eigenvalue weighted by Gasteiger charge is -2.17. The highest BCUT2D eigenvalue weighted by atomic mass is 32.2. The van der Waals surface area contributed by atoms with Crippen LogP contribution in [0.15, 0.2) is 0 Å². The topological polar surface area (TPSA) is 71.4 Å². The fourth-order valence-corrected chi connectivity index (χ4v) is 4.52. The van der Waals surface area contributed by atoms with Crippen LogP contribution in [0, 0.1) is 11.8 Å². The van der Waals surface area contributed by atoms with Gasteiger partial charge < -0.3 is 5.11 Å². The number of hydrogen-bond donors (Lipinski definition) is 1. The molecule has 1 aliphatic heterocycles. The summed E-state index contributed by atoms with van der Waals surface area (Å²) in [7, 11) is -3.12. The van der Waals surface area contributed by atoms with E-state index in [1.165, 1.54) is 0 Å². The maximum absolute atomic E-state index is 11.6. The van der Waals surface area contributed by atoms with Crippen molar-refractivity contribution in [1.29, 1.82) is 0 Å². The second-order valence-electron chi connectivity index (χ2n) is 4.25. The minimum Gasteiger partial charge on any atom is -0.481 e. The molecule has 4 nitrogen and oxygen atoms in total. The fraction of sp³-hybridized carbons (Fsp3) is 0.889. The predicted octanol–water partition coefficient (Wildman–Crippen LogP) is 0.674. The second kappa shape index (κ2) is 3.22. The molecule has 1 heterocycles. The smallest absolute Gasteiger partial charge is 0.308 e. The van der Waals surface area contributed by atoms with Gasteiger partial charge in [-0.3, -0.25) is 4.79 Å². The molecule has 1 saturated carbocycles. The van der Waals surface area contributed by atoms with Crippen LogP contribution in [0.2, 0.25) is 0 Å². The predicted molar refractivity (Wildman–Crippen MR) is 50.7 cm³/mol. The Morgan fingerprint density at radius 1 is 1.29 bits per heavy atom. The molecule has 2 atom stereocenters. The molecule has 0 aromatic heterocycles. The van der Waals surface area contributed by atoms with Crippen LogP contribution in [-0.4, -0.2) is 30.5 Å². The zero-order valence-electron chi connectivity index (χ0n) is 7.85. The molecule has 0 aromatic rings. The Labute approximate surface area is 83.2 Å². The summed E-state index contributed by atoms with van der Waals surface area (Å²) < 4.78 is 23.2. The first-order chi connectivity index (χ1) is 6.52. The van der Waals surface area contributed by atoms with E-state index in [0.717, 1.165) is 12.8 Å². The van der Waals surface area contributed by atoms with Crippen molar-refractivity contribution in [3.63, 3.8) is 0 Å². The molecule has 1 N–H and O–H groups in total. The number of carboxylic acids is 1. The van der Waals surface area contributed by atoms with Crippen molar-refractivity contribution in [2.45, 2.75) is 30.9 Å². The normalized spacial score (nSPS) is 32.7. The summed E-state index contributed by atoms with van der Waals surface area (Å²) in [5.41, 5.74) is 0. The summed E-state index contributed by atoms with van der Waals surface area (Å²) in [5.74, 6) is -1.27. The molecule has 2 aliphatic rings. The highest BCUT2D eigenvalue weighted by Gasteiger charge is 2.48. The van der Waals surface area contributed by atoms with Crippen molar-refractivity contribution < 1.29 is 18.3 Å². The second-order valence-corrected chi connectivity index (χ2v) is 6.59. The number of sulfone groups is 1. The van der Waals surface area contributed by atoms with Crippen molar-refractivity contribution in [2.75, 3.05) is 5.75 Å². The first kappa shape index (κ1) is 9.96. The van der Waals surface area contributed by atoms with Crippen LogP contribution in [0.25, 0.3) is 0 Å². The summed E-state index contributed by atoms with van der Waals surface area (Å²) in [6.45, 7) is 0. The molecular formula is C9H14O4S. The number of hydrogen-bond acceptors (Lipinski definition) is 3. The van der Waals surface area contributed by atoms with Crippen LogP contribution in [0.4, 0.5) is 0 Å². The highest BCUT2D eigenvalue weighted by molar-refractivity contribution is 7.92. The van der Waals surface area contributed by atoms with E-state index in [4.69, 9.17) is 5.11 Å². The molecule has 0 aromatic carbocycles. The molecule has 2 fully saturated rings. The Morgan fingerprint density at radius 3 is 2.29 bits per heavy atom. The molecule has 1 saturated heterocycles. The van der Waals surface area contributed by atoms with Gasteiger partial charge in [0.05, 0.1) is 16.9 Å². The minimum atomic E-state index is -3.12. The quantitative estimate of drug-likeness (QED) is 0.756. The zero-order chi connectivity index (χ0) is 10.3. The molecule has 80 valence electrons. The Bertz CT molecular complexity index is 342. The fourth-order valence-electron chi connectivity index (χ4n) is 2.34. The van der Waals surface area contributed by atoms with Gasteiger partial charge in [0.15, 0.2) is 9.84 Å². The average Bonchev–Trinajstić information content (AvgIpc) is 2.80. The number of aliphatic carboxylic acids is 1. The average molecular weight is 218 g/mol. The highest BCUT2D eigenvalue weighted by Crippen LogP contribution is 2.43. The maximum Gasteiger partial charge on any atom is 0.308 e. The third kappa shape index (κ3) is 1.65. The van der Waals surface area contributed by atoms with Gasteiger partial charge in [0.25, 0.3) is 0 Å². The lowest BCUT2D eigenvalue weighted by molar-refractivity contribution is -0.142. The zero-order valence-corrected chi connectivity index (χ0v) is 8.66. The third-order valence-corrected chi connectivity index (χ3v) is 5.50. The molecule has 2 unspecified atom stereocenters. The lowest BCUT2D eigenvalue weighted by Crippen LogP contribution is -2.33. The van der Waals surface area contributed by atoms with E-state index < -0.39 is 27.0 Å². The van der Waals surface area contributed by atoms with Crippen molar-refractivity contribution >= 4 is 15.8 Å². The monoisotopic (exact) mass is 218 g/mol. The molecule has 0 bridgehead atoms. The first-order valence-electron chi connectivity index (χ1n) is 4.97. The van der Waals surface area contributed by atoms with Crippen molar-refractivity contribution in [3.8, 4) is 0 Å². The van der Waals surface area contributed by atoms with E-state index in [2.05, 4.69) is 0 Å². The molecule has 0 radical (unpaired) electrons. The summed E-state index contributed by atoms with van der Waals surface area (Å²) in [6, 6.07) is 0. The van der Waals surface area contributed by atoms with Crippen LogP contribution >= 0.6 is 0 Å². The molecule has 0 spiro atoms. The van der Waals surface area contributed by atoms with Gasteiger partial charge in [-0.05, 0) is 31.6 Å². The number of carboxylic acid groups (broad SMARTS) is 1. The summed E-state index contributed by atoms with van der Waals surface area (Å²) >= 11 is 0. The van der Waals surface area contributed by atoms with Crippen LogP contribution in [0.1, 0.15) is 25.7 Å². The van der Waals surface area contributed by atoms with E-state index >= 15 is 0 Å². The van der Waals surface area contributed by atoms with Crippen molar-refractivity contribution in [1.82, 2.24) is 0 Å². The Hall–Kier alpha value is -0.580. The summed E-state index contributed by atoms with van der Waals surface area (Å²) in [4.78, 5) is 11.0. The van der Waals surface area contributed by atoms with Crippen LogP contribution in [-0.2, 0) is 14.6 Å². The molecule has 14 heavy (non-hydrogen) atoms. The van der Waals surface area contributed by atoms with Gasteiger partial charge in [-0.2, -0.15) is 0 Å². The Kier molecular flexibility index (Phi) is 2.29. The standard InChI is InChI=1S/C9H14O4S/c10-9(11)8(6-3-4-6)7-2-1-5-14(7,12)13/h6-8H,1-5H2,(H,10,11). The van der Waals surface area contributed by atoms with Crippen molar-refractivity contribution in [2.24, 2.45) is 11.8 Å². The summed E-state index contributed by atoms with van der Waals surface area (Å²) in [6.07, 6.45) is 2.92. The number of carbonyl (C=O) groups is 1. The van der Waals surface area contributed by atoms with Gasteiger partial charge in [0.1, 0.15) is 0 Å². The van der Waals surface area contributed by atoms with Crippen LogP contribution in [0.3, 0.4) is 0 Å². The van der Waals surface area contributed by atoms with Gasteiger partial charge in [-0.15, -0.1) is 0 Å². The van der Waals surface area contributed by atoms with E-state index in [1.54, 1.807) is 0 Å². The maximum atomic E-state index is 11.6. The molecule has 2 rings (SSSR count). The van der Waals surface area contributed by atoms with Gasteiger partial charge in [0.2, 0.25) is 0 Å². The van der Waals surface area contributed by atoms with E-state index in [1.807, 2.05) is 0 Å². The van der Waals surface area contributed by atoms with Gasteiger partial charge in [-0.25, -0.2) is 8.42 Å². The third-order valence-electron chi connectivity index (χ3n) is 3.19. The van der Waals surface area contributed by atoms with E-state index in [0.29, 0.717) is 12.8 Å². The van der Waals surface area contributed by atoms with Gasteiger partial charge >= 0.3 is 5.97 Å². The molecular weight excluding hydrogens is 204 g/mol. The molecule has 5 heteroatoms.